The quantitative estimate of drug-likeness (QED) is 0.0174. The zero-order valence-electron chi connectivity index (χ0n) is 43.4. The Kier molecular flexibility index (Phi) is 38.3. The molecule has 15 heteroatoms. The summed E-state index contributed by atoms with van der Waals surface area (Å²) >= 11 is 0. The molecule has 2 rings (SSSR count). The van der Waals surface area contributed by atoms with Gasteiger partial charge in [0.2, 0.25) is 0 Å². The Morgan fingerprint density at radius 1 is 0.458 bits per heavy atom. The van der Waals surface area contributed by atoms with Crippen LogP contribution in [-0.4, -0.2) is 142 Å². The van der Waals surface area contributed by atoms with Crippen molar-refractivity contribution in [3.63, 3.8) is 0 Å². The minimum Gasteiger partial charge on any atom is -0.462 e. The van der Waals surface area contributed by atoms with E-state index in [0.29, 0.717) is 12.8 Å². The predicted molar refractivity (Wildman–Crippen MR) is 279 cm³/mol. The van der Waals surface area contributed by atoms with Crippen LogP contribution in [0.25, 0.3) is 0 Å². The van der Waals surface area contributed by atoms with Gasteiger partial charge in [-0.2, -0.15) is 0 Å². The van der Waals surface area contributed by atoms with Crippen LogP contribution in [0.15, 0.2) is 97.2 Å². The van der Waals surface area contributed by atoms with Crippen molar-refractivity contribution in [2.45, 2.75) is 223 Å². The maximum absolute atomic E-state index is 13.0. The van der Waals surface area contributed by atoms with Gasteiger partial charge >= 0.3 is 11.9 Å². The standard InChI is InChI=1S/C57H92O15/c1-3-5-7-9-11-13-15-17-19-21-22-24-25-27-29-31-33-35-37-39-48(59)67-42-45(70-49(60)40-38-36-34-32-30-28-26-23-20-18-16-14-12-10-8-6-4-2)43-68-56-55(66)53(64)51(62)47(72-56)44-69-57-54(65)52(63)50(61)46(41-58)71-57/h5,7,11-14,17-20,22,24,27,29,33,35,45-47,50-58,61-66H,3-4,6,8-10,15-16,21,23,25-26,28,30-32,34,36-44H2,1-2H3/b7-5+,13-11+,14-12+,19-17+,20-18+,24-22+,29-27+,35-33+/t45-,46+,47+,50-,51-,52?,53?,54?,55?,56+,57+/m0/s1. The lowest BCUT2D eigenvalue weighted by Crippen LogP contribution is -2.61. The molecule has 15 nitrogen and oxygen atoms in total. The Balaban J connectivity index is 1.83. The van der Waals surface area contributed by atoms with Crippen LogP contribution in [0.3, 0.4) is 0 Å². The predicted octanol–water partition coefficient (Wildman–Crippen LogP) is 8.15. The summed E-state index contributed by atoms with van der Waals surface area (Å²) in [5, 5.41) is 72.2. The first-order chi connectivity index (χ1) is 35.0. The van der Waals surface area contributed by atoms with Gasteiger partial charge in [-0.25, -0.2) is 0 Å². The Bertz CT molecular complexity index is 1620. The molecule has 0 spiro atoms. The molecule has 2 saturated heterocycles. The molecule has 4 unspecified atom stereocenters. The summed E-state index contributed by atoms with van der Waals surface area (Å²) in [6.45, 7) is 2.35. The van der Waals surface area contributed by atoms with Gasteiger partial charge in [0, 0.05) is 12.8 Å². The van der Waals surface area contributed by atoms with Gasteiger partial charge in [0.1, 0.15) is 55.4 Å². The molecule has 11 atom stereocenters. The van der Waals surface area contributed by atoms with Crippen LogP contribution >= 0.6 is 0 Å². The maximum Gasteiger partial charge on any atom is 0.306 e. The molecule has 0 aromatic heterocycles. The molecule has 2 aliphatic heterocycles. The minimum atomic E-state index is -1.78. The van der Waals surface area contributed by atoms with Crippen LogP contribution < -0.4 is 0 Å². The Labute approximate surface area is 430 Å². The van der Waals surface area contributed by atoms with E-state index < -0.39 is 99.3 Å². The number of aliphatic hydroxyl groups excluding tert-OH is 7. The van der Waals surface area contributed by atoms with Crippen LogP contribution in [0.5, 0.6) is 0 Å². The van der Waals surface area contributed by atoms with E-state index in [4.69, 9.17) is 28.4 Å². The van der Waals surface area contributed by atoms with Crippen molar-refractivity contribution < 1.29 is 73.8 Å². The second kappa shape index (κ2) is 42.7. The molecule has 410 valence electrons. The highest BCUT2D eigenvalue weighted by Gasteiger charge is 2.47. The highest BCUT2D eigenvalue weighted by Crippen LogP contribution is 2.26. The van der Waals surface area contributed by atoms with E-state index in [1.807, 2.05) is 12.2 Å². The lowest BCUT2D eigenvalue weighted by atomic mass is 9.98. The van der Waals surface area contributed by atoms with Gasteiger partial charge in [0.05, 0.1) is 19.8 Å². The van der Waals surface area contributed by atoms with Crippen molar-refractivity contribution in [2.24, 2.45) is 0 Å². The summed E-state index contributed by atoms with van der Waals surface area (Å²) < 4.78 is 33.5. The number of unbranched alkanes of at least 4 members (excludes halogenated alkanes) is 10. The number of hydrogen-bond donors (Lipinski definition) is 7. The zero-order chi connectivity index (χ0) is 52.4. The summed E-state index contributed by atoms with van der Waals surface area (Å²) in [5.41, 5.74) is 0. The molecular formula is C57H92O15. The third-order valence-electron chi connectivity index (χ3n) is 12.1. The lowest BCUT2D eigenvalue weighted by Gasteiger charge is -2.42. The highest BCUT2D eigenvalue weighted by molar-refractivity contribution is 5.70. The fraction of sp³-hybridized carbons (Fsp3) is 0.684. The molecule has 0 aromatic carbocycles. The van der Waals surface area contributed by atoms with Crippen molar-refractivity contribution in [2.75, 3.05) is 26.4 Å². The summed E-state index contributed by atoms with van der Waals surface area (Å²) in [6.07, 6.45) is 37.2. The molecule has 7 N–H and O–H groups in total. The van der Waals surface area contributed by atoms with Gasteiger partial charge < -0.3 is 64.2 Å². The second-order valence-electron chi connectivity index (χ2n) is 18.3. The minimum absolute atomic E-state index is 0.0852. The molecule has 0 aliphatic carbocycles. The van der Waals surface area contributed by atoms with Crippen LogP contribution in [0.2, 0.25) is 0 Å². The number of carbonyl (C=O) groups excluding carboxylic acids is 2. The Morgan fingerprint density at radius 3 is 1.43 bits per heavy atom. The topological polar surface area (TPSA) is 231 Å². The largest absolute Gasteiger partial charge is 0.462 e. The zero-order valence-corrected chi connectivity index (χ0v) is 43.4. The van der Waals surface area contributed by atoms with E-state index in [9.17, 15) is 45.3 Å². The second-order valence-corrected chi connectivity index (χ2v) is 18.3. The lowest BCUT2D eigenvalue weighted by molar-refractivity contribution is -0.332. The number of hydrogen-bond acceptors (Lipinski definition) is 15. The van der Waals surface area contributed by atoms with Crippen molar-refractivity contribution in [3.8, 4) is 0 Å². The number of rotatable bonds is 40. The van der Waals surface area contributed by atoms with E-state index >= 15 is 0 Å². The van der Waals surface area contributed by atoms with Gasteiger partial charge in [-0.15, -0.1) is 0 Å². The SMILES string of the molecule is CC/C=C/C/C=C/C/C=C/C/C=C/C/C=C/C/C=C/CCC(=O)OC[C@@H](CO[C@@H]1O[C@H](CO[C@@H]2O[C@H](CO)[C@H](O)C(O)C2O)[C@H](O)C(O)C1O)OC(=O)CCCCCCCCC/C=C/C/C=C/CCCCC. The smallest absolute Gasteiger partial charge is 0.306 e. The van der Waals surface area contributed by atoms with E-state index in [1.165, 1.54) is 19.3 Å². The van der Waals surface area contributed by atoms with Gasteiger partial charge in [-0.3, -0.25) is 9.59 Å². The molecule has 0 radical (unpaired) electrons. The van der Waals surface area contributed by atoms with Crippen molar-refractivity contribution >= 4 is 11.9 Å². The summed E-state index contributed by atoms with van der Waals surface area (Å²) in [5.74, 6) is -1.04. The summed E-state index contributed by atoms with van der Waals surface area (Å²) in [7, 11) is 0. The number of ether oxygens (including phenoxy) is 6. The molecule has 72 heavy (non-hydrogen) atoms. The van der Waals surface area contributed by atoms with Gasteiger partial charge in [0.25, 0.3) is 0 Å². The van der Waals surface area contributed by atoms with Crippen molar-refractivity contribution in [1.29, 1.82) is 0 Å². The number of aliphatic hydroxyl groups is 7. The third kappa shape index (κ3) is 30.0. The Morgan fingerprint density at radius 2 is 0.903 bits per heavy atom. The summed E-state index contributed by atoms with van der Waals surface area (Å²) in [6, 6.07) is 0. The molecule has 2 aliphatic rings. The molecular weight excluding hydrogens is 925 g/mol. The number of carbonyl (C=O) groups is 2. The first-order valence-corrected chi connectivity index (χ1v) is 26.8. The molecule has 0 saturated carbocycles. The molecule has 0 bridgehead atoms. The third-order valence-corrected chi connectivity index (χ3v) is 12.1. The van der Waals surface area contributed by atoms with E-state index in [2.05, 4.69) is 98.9 Å². The fourth-order valence-corrected chi connectivity index (χ4v) is 7.68. The first-order valence-electron chi connectivity index (χ1n) is 26.8. The van der Waals surface area contributed by atoms with Crippen molar-refractivity contribution in [3.05, 3.63) is 97.2 Å². The van der Waals surface area contributed by atoms with Crippen LogP contribution in [0, 0.1) is 0 Å². The van der Waals surface area contributed by atoms with Crippen LogP contribution in [0.4, 0.5) is 0 Å². The van der Waals surface area contributed by atoms with Crippen LogP contribution in [-0.2, 0) is 38.0 Å². The average Bonchev–Trinajstić information content (AvgIpc) is 3.37. The molecule has 2 heterocycles. The fourth-order valence-electron chi connectivity index (χ4n) is 7.68. The Hall–Kier alpha value is -3.58. The van der Waals surface area contributed by atoms with E-state index in [-0.39, 0.29) is 19.4 Å². The maximum atomic E-state index is 13.0. The normalized spacial score (nSPS) is 25.8. The highest BCUT2D eigenvalue weighted by atomic mass is 16.7. The van der Waals surface area contributed by atoms with E-state index in [1.54, 1.807) is 0 Å². The molecule has 2 fully saturated rings. The van der Waals surface area contributed by atoms with E-state index in [0.717, 1.165) is 96.3 Å². The number of allylic oxidation sites excluding steroid dienone is 16. The number of esters is 2. The van der Waals surface area contributed by atoms with Crippen molar-refractivity contribution in [1.82, 2.24) is 0 Å². The van der Waals surface area contributed by atoms with Gasteiger partial charge in [0.15, 0.2) is 18.7 Å². The first kappa shape index (κ1) is 64.5. The van der Waals surface area contributed by atoms with Crippen LogP contribution in [0.1, 0.15) is 155 Å². The van der Waals surface area contributed by atoms with Gasteiger partial charge in [-0.1, -0.05) is 156 Å². The summed E-state index contributed by atoms with van der Waals surface area (Å²) in [4.78, 5) is 25.8. The van der Waals surface area contributed by atoms with Gasteiger partial charge in [-0.05, 0) is 83.5 Å². The monoisotopic (exact) mass is 1020 g/mol. The molecule has 0 aromatic rings. The average molecular weight is 1020 g/mol. The molecule has 0 amide bonds.